The minimum Gasteiger partial charge on any atom is -0.326 e. The van der Waals surface area contributed by atoms with E-state index >= 15 is 0 Å². The third kappa shape index (κ3) is 1.99. The van der Waals surface area contributed by atoms with E-state index in [0.29, 0.717) is 11.6 Å². The third-order valence-corrected chi connectivity index (χ3v) is 3.05. The van der Waals surface area contributed by atoms with Crippen LogP contribution >= 0.6 is 0 Å². The standard InChI is InChI=1S/C13H12FN3O/c14-8-4-6-9(7-5-8)15-13-16-11-3-1-2-10(11)12(18)17-13/h4-7H,1-3H2,(H2,15,16,17,18). The highest BCUT2D eigenvalue weighted by molar-refractivity contribution is 5.53. The van der Waals surface area contributed by atoms with Crippen molar-refractivity contribution in [2.45, 2.75) is 19.3 Å². The van der Waals surface area contributed by atoms with E-state index in [1.165, 1.54) is 12.1 Å². The molecule has 1 aliphatic carbocycles. The molecule has 1 aliphatic rings. The summed E-state index contributed by atoms with van der Waals surface area (Å²) in [6, 6.07) is 5.91. The van der Waals surface area contributed by atoms with Crippen LogP contribution in [0.5, 0.6) is 0 Å². The van der Waals surface area contributed by atoms with Crippen molar-refractivity contribution in [2.24, 2.45) is 0 Å². The Bertz CT molecular complexity index is 634. The topological polar surface area (TPSA) is 57.8 Å². The number of rotatable bonds is 2. The molecule has 0 spiro atoms. The van der Waals surface area contributed by atoms with Crippen LogP contribution in [-0.2, 0) is 12.8 Å². The molecule has 1 heterocycles. The summed E-state index contributed by atoms with van der Waals surface area (Å²) in [5.41, 5.74) is 2.27. The molecule has 0 saturated heterocycles. The van der Waals surface area contributed by atoms with Gasteiger partial charge in [-0.3, -0.25) is 9.78 Å². The Kier molecular flexibility index (Phi) is 2.59. The predicted molar refractivity (Wildman–Crippen MR) is 66.6 cm³/mol. The van der Waals surface area contributed by atoms with E-state index in [-0.39, 0.29) is 11.4 Å². The zero-order valence-electron chi connectivity index (χ0n) is 9.66. The fourth-order valence-electron chi connectivity index (χ4n) is 2.17. The summed E-state index contributed by atoms with van der Waals surface area (Å²) < 4.78 is 12.8. The molecule has 0 aliphatic heterocycles. The molecule has 0 saturated carbocycles. The number of fused-ring (bicyclic) bond motifs is 1. The molecular weight excluding hydrogens is 233 g/mol. The SMILES string of the molecule is O=c1[nH]c(Nc2ccc(F)cc2)nc2c1CCC2. The van der Waals surface area contributed by atoms with Crippen LogP contribution in [0.25, 0.3) is 0 Å². The molecule has 18 heavy (non-hydrogen) atoms. The van der Waals surface area contributed by atoms with Crippen molar-refractivity contribution < 1.29 is 4.39 Å². The smallest absolute Gasteiger partial charge is 0.255 e. The Morgan fingerprint density at radius 1 is 1.22 bits per heavy atom. The molecule has 2 N–H and O–H groups in total. The summed E-state index contributed by atoms with van der Waals surface area (Å²) in [4.78, 5) is 18.9. The number of hydrogen-bond donors (Lipinski definition) is 2. The average molecular weight is 245 g/mol. The number of aromatic amines is 1. The van der Waals surface area contributed by atoms with E-state index in [2.05, 4.69) is 15.3 Å². The molecule has 1 aromatic heterocycles. The van der Waals surface area contributed by atoms with Gasteiger partial charge >= 0.3 is 0 Å². The van der Waals surface area contributed by atoms with Crippen molar-refractivity contribution in [1.82, 2.24) is 9.97 Å². The Morgan fingerprint density at radius 2 is 2.00 bits per heavy atom. The summed E-state index contributed by atoms with van der Waals surface area (Å²) in [5, 5.41) is 2.97. The summed E-state index contributed by atoms with van der Waals surface area (Å²) in [6.07, 6.45) is 2.62. The van der Waals surface area contributed by atoms with E-state index in [1.54, 1.807) is 12.1 Å². The molecule has 4 nitrogen and oxygen atoms in total. The van der Waals surface area contributed by atoms with Gasteiger partial charge in [0, 0.05) is 11.3 Å². The number of benzene rings is 1. The summed E-state index contributed by atoms with van der Waals surface area (Å²) >= 11 is 0. The molecule has 0 fully saturated rings. The first-order chi connectivity index (χ1) is 8.72. The first-order valence-corrected chi connectivity index (χ1v) is 5.87. The fraction of sp³-hybridized carbons (Fsp3) is 0.231. The summed E-state index contributed by atoms with van der Waals surface area (Å²) in [5.74, 6) is 0.114. The van der Waals surface area contributed by atoms with Gasteiger partial charge in [-0.1, -0.05) is 0 Å². The van der Waals surface area contributed by atoms with E-state index in [4.69, 9.17) is 0 Å². The molecule has 0 bridgehead atoms. The molecule has 2 aromatic rings. The van der Waals surface area contributed by atoms with Gasteiger partial charge in [-0.2, -0.15) is 0 Å². The van der Waals surface area contributed by atoms with Crippen LogP contribution in [0.4, 0.5) is 16.0 Å². The normalized spacial score (nSPS) is 13.4. The Morgan fingerprint density at radius 3 is 2.78 bits per heavy atom. The predicted octanol–water partition coefficient (Wildman–Crippen LogP) is 2.14. The average Bonchev–Trinajstić information content (AvgIpc) is 2.81. The lowest BCUT2D eigenvalue weighted by molar-refractivity contribution is 0.628. The lowest BCUT2D eigenvalue weighted by atomic mass is 10.2. The van der Waals surface area contributed by atoms with Gasteiger partial charge in [0.1, 0.15) is 5.82 Å². The van der Waals surface area contributed by atoms with Crippen molar-refractivity contribution in [3.05, 3.63) is 51.7 Å². The molecule has 0 radical (unpaired) electrons. The van der Waals surface area contributed by atoms with Crippen molar-refractivity contribution >= 4 is 11.6 Å². The van der Waals surface area contributed by atoms with Gasteiger partial charge in [0.15, 0.2) is 0 Å². The third-order valence-electron chi connectivity index (χ3n) is 3.05. The number of halogens is 1. The van der Waals surface area contributed by atoms with E-state index in [0.717, 1.165) is 30.5 Å². The fourth-order valence-corrected chi connectivity index (χ4v) is 2.17. The number of nitrogens with zero attached hydrogens (tertiary/aromatic N) is 1. The highest BCUT2D eigenvalue weighted by Gasteiger charge is 2.16. The van der Waals surface area contributed by atoms with Gasteiger partial charge in [-0.05, 0) is 43.5 Å². The number of H-pyrrole nitrogens is 1. The second-order valence-electron chi connectivity index (χ2n) is 4.33. The van der Waals surface area contributed by atoms with E-state index in [9.17, 15) is 9.18 Å². The number of anilines is 2. The molecule has 0 atom stereocenters. The minimum atomic E-state index is -0.295. The molecule has 5 heteroatoms. The van der Waals surface area contributed by atoms with Gasteiger partial charge < -0.3 is 5.32 Å². The monoisotopic (exact) mass is 245 g/mol. The Hall–Kier alpha value is -2.17. The van der Waals surface area contributed by atoms with Gasteiger partial charge in [-0.25, -0.2) is 9.37 Å². The number of nitrogens with one attached hydrogen (secondary N) is 2. The molecule has 3 rings (SSSR count). The van der Waals surface area contributed by atoms with Crippen LogP contribution in [0.3, 0.4) is 0 Å². The molecule has 1 aromatic carbocycles. The maximum Gasteiger partial charge on any atom is 0.255 e. The van der Waals surface area contributed by atoms with Gasteiger partial charge in [0.05, 0.1) is 5.69 Å². The zero-order chi connectivity index (χ0) is 12.5. The zero-order valence-corrected chi connectivity index (χ0v) is 9.66. The van der Waals surface area contributed by atoms with E-state index in [1.807, 2.05) is 0 Å². The first kappa shape index (κ1) is 11.0. The lowest BCUT2D eigenvalue weighted by Gasteiger charge is -2.06. The van der Waals surface area contributed by atoms with Crippen LogP contribution in [0.1, 0.15) is 17.7 Å². The summed E-state index contributed by atoms with van der Waals surface area (Å²) in [6.45, 7) is 0. The van der Waals surface area contributed by atoms with Gasteiger partial charge in [0.2, 0.25) is 5.95 Å². The first-order valence-electron chi connectivity index (χ1n) is 5.87. The van der Waals surface area contributed by atoms with Crippen LogP contribution in [0.2, 0.25) is 0 Å². The molecule has 92 valence electrons. The van der Waals surface area contributed by atoms with Crippen LogP contribution in [0, 0.1) is 5.82 Å². The number of aromatic nitrogens is 2. The molecule has 0 amide bonds. The Labute approximate surface area is 103 Å². The van der Waals surface area contributed by atoms with Crippen molar-refractivity contribution in [2.75, 3.05) is 5.32 Å². The highest BCUT2D eigenvalue weighted by atomic mass is 19.1. The van der Waals surface area contributed by atoms with Crippen molar-refractivity contribution in [3.8, 4) is 0 Å². The largest absolute Gasteiger partial charge is 0.326 e. The summed E-state index contributed by atoms with van der Waals surface area (Å²) in [7, 11) is 0. The van der Waals surface area contributed by atoms with Crippen LogP contribution in [0.15, 0.2) is 29.1 Å². The van der Waals surface area contributed by atoms with Crippen molar-refractivity contribution in [1.29, 1.82) is 0 Å². The second kappa shape index (κ2) is 4.25. The number of hydrogen-bond acceptors (Lipinski definition) is 3. The second-order valence-corrected chi connectivity index (χ2v) is 4.33. The van der Waals surface area contributed by atoms with E-state index < -0.39 is 0 Å². The quantitative estimate of drug-likeness (QED) is 0.852. The number of aryl methyl sites for hydroxylation is 1. The van der Waals surface area contributed by atoms with Crippen LogP contribution < -0.4 is 10.9 Å². The maximum atomic E-state index is 12.8. The molecular formula is C13H12FN3O. The van der Waals surface area contributed by atoms with Crippen LogP contribution in [-0.4, -0.2) is 9.97 Å². The van der Waals surface area contributed by atoms with Crippen molar-refractivity contribution in [3.63, 3.8) is 0 Å². The highest BCUT2D eigenvalue weighted by Crippen LogP contribution is 2.18. The van der Waals surface area contributed by atoms with Gasteiger partial charge in [-0.15, -0.1) is 0 Å². The van der Waals surface area contributed by atoms with Gasteiger partial charge in [0.25, 0.3) is 5.56 Å². The maximum absolute atomic E-state index is 12.8. The molecule has 0 unspecified atom stereocenters. The Balaban J connectivity index is 1.92. The minimum absolute atomic E-state index is 0.0814. The lowest BCUT2D eigenvalue weighted by Crippen LogP contribution is -2.16.